The maximum absolute atomic E-state index is 5.61. The average Bonchev–Trinajstić information content (AvgIpc) is 3.13. The van der Waals surface area contributed by atoms with Crippen molar-refractivity contribution in [1.82, 2.24) is 15.1 Å². The number of allylic oxidation sites excluding steroid dienone is 1. The van der Waals surface area contributed by atoms with Gasteiger partial charge in [0.1, 0.15) is 0 Å². The van der Waals surface area contributed by atoms with Crippen molar-refractivity contribution in [3.05, 3.63) is 23.4 Å². The quantitative estimate of drug-likeness (QED) is 0.773. The van der Waals surface area contributed by atoms with Crippen molar-refractivity contribution in [2.45, 2.75) is 53.4 Å². The van der Waals surface area contributed by atoms with Crippen LogP contribution in [-0.2, 0) is 6.42 Å². The van der Waals surface area contributed by atoms with Crippen molar-refractivity contribution < 1.29 is 4.42 Å². The van der Waals surface area contributed by atoms with Crippen LogP contribution in [0.4, 0.5) is 0 Å². The van der Waals surface area contributed by atoms with E-state index in [0.717, 1.165) is 24.1 Å². The molecule has 3 atom stereocenters. The van der Waals surface area contributed by atoms with Gasteiger partial charge in [0.15, 0.2) is 0 Å². The minimum atomic E-state index is 0.553. The van der Waals surface area contributed by atoms with Crippen LogP contribution >= 0.6 is 0 Å². The zero-order valence-corrected chi connectivity index (χ0v) is 15.1. The molecule has 0 aromatic carbocycles. The third kappa shape index (κ3) is 4.03. The first-order valence-electron chi connectivity index (χ1n) is 9.22. The van der Waals surface area contributed by atoms with Crippen molar-refractivity contribution in [2.24, 2.45) is 23.7 Å². The van der Waals surface area contributed by atoms with Gasteiger partial charge in [0, 0.05) is 19.9 Å². The molecule has 4 heteroatoms. The lowest BCUT2D eigenvalue weighted by molar-refractivity contribution is 0.175. The SMILES string of the molecule is CC1=C[C@@H](CN2CCCC2)[C@H](C(C)C)C[C@H]1Cc1nnc(C)o1. The molecule has 1 aromatic heterocycles. The van der Waals surface area contributed by atoms with E-state index in [9.17, 15) is 0 Å². The standard InChI is InChI=1S/C19H31N3O/c1-13(2)18-10-16(11-19-21-20-15(4)23-19)14(3)9-17(18)12-22-7-5-6-8-22/h9,13,16-18H,5-8,10-12H2,1-4H3/t16-,17-,18-/m0/s1. The monoisotopic (exact) mass is 317 g/mol. The summed E-state index contributed by atoms with van der Waals surface area (Å²) in [5.41, 5.74) is 1.52. The Balaban J connectivity index is 1.71. The molecule has 0 N–H and O–H groups in total. The topological polar surface area (TPSA) is 42.2 Å². The van der Waals surface area contributed by atoms with Gasteiger partial charge in [-0.1, -0.05) is 25.5 Å². The summed E-state index contributed by atoms with van der Waals surface area (Å²) in [6.07, 6.45) is 7.45. The lowest BCUT2D eigenvalue weighted by Gasteiger charge is -2.38. The largest absolute Gasteiger partial charge is 0.426 e. The summed E-state index contributed by atoms with van der Waals surface area (Å²) >= 11 is 0. The molecule has 1 aromatic rings. The molecule has 0 radical (unpaired) electrons. The van der Waals surface area contributed by atoms with Gasteiger partial charge in [-0.15, -0.1) is 10.2 Å². The van der Waals surface area contributed by atoms with Gasteiger partial charge in [-0.25, -0.2) is 0 Å². The van der Waals surface area contributed by atoms with E-state index in [1.165, 1.54) is 44.5 Å². The van der Waals surface area contributed by atoms with Crippen molar-refractivity contribution in [1.29, 1.82) is 0 Å². The van der Waals surface area contributed by atoms with Crippen LogP contribution in [0.5, 0.6) is 0 Å². The lowest BCUT2D eigenvalue weighted by Crippen LogP contribution is -2.36. The second-order valence-electron chi connectivity index (χ2n) is 7.84. The highest BCUT2D eigenvalue weighted by Gasteiger charge is 2.33. The van der Waals surface area contributed by atoms with E-state index in [-0.39, 0.29) is 0 Å². The van der Waals surface area contributed by atoms with Gasteiger partial charge in [-0.05, 0) is 62.9 Å². The zero-order chi connectivity index (χ0) is 16.4. The smallest absolute Gasteiger partial charge is 0.217 e. The van der Waals surface area contributed by atoms with E-state index in [0.29, 0.717) is 17.7 Å². The highest BCUT2D eigenvalue weighted by Crippen LogP contribution is 2.39. The Morgan fingerprint density at radius 3 is 2.57 bits per heavy atom. The molecule has 4 nitrogen and oxygen atoms in total. The molecule has 1 fully saturated rings. The number of aryl methyl sites for hydroxylation is 1. The van der Waals surface area contributed by atoms with Crippen LogP contribution < -0.4 is 0 Å². The number of nitrogens with zero attached hydrogens (tertiary/aromatic N) is 3. The third-order valence-electron chi connectivity index (χ3n) is 5.74. The molecule has 3 rings (SSSR count). The van der Waals surface area contributed by atoms with Crippen LogP contribution in [0.25, 0.3) is 0 Å². The summed E-state index contributed by atoms with van der Waals surface area (Å²) in [6.45, 7) is 12.7. The molecule has 128 valence electrons. The molecule has 2 heterocycles. The lowest BCUT2D eigenvalue weighted by atomic mass is 9.69. The van der Waals surface area contributed by atoms with Crippen molar-refractivity contribution in [2.75, 3.05) is 19.6 Å². The first-order valence-corrected chi connectivity index (χ1v) is 9.22. The third-order valence-corrected chi connectivity index (χ3v) is 5.74. The van der Waals surface area contributed by atoms with E-state index in [1.807, 2.05) is 6.92 Å². The van der Waals surface area contributed by atoms with Crippen LogP contribution in [0.3, 0.4) is 0 Å². The van der Waals surface area contributed by atoms with Crippen LogP contribution in [0, 0.1) is 30.6 Å². The Hall–Kier alpha value is -1.16. The van der Waals surface area contributed by atoms with Crippen LogP contribution in [0.2, 0.25) is 0 Å². The van der Waals surface area contributed by atoms with E-state index < -0.39 is 0 Å². The number of rotatable bonds is 5. The Labute approximate surface area is 140 Å². The molecule has 0 saturated carbocycles. The highest BCUT2D eigenvalue weighted by molar-refractivity contribution is 5.14. The van der Waals surface area contributed by atoms with Gasteiger partial charge in [0.05, 0.1) is 0 Å². The minimum absolute atomic E-state index is 0.553. The second kappa shape index (κ2) is 7.16. The molecular weight excluding hydrogens is 286 g/mol. The summed E-state index contributed by atoms with van der Waals surface area (Å²) in [7, 11) is 0. The van der Waals surface area contributed by atoms with Crippen LogP contribution in [-0.4, -0.2) is 34.7 Å². The number of hydrogen-bond donors (Lipinski definition) is 0. The van der Waals surface area contributed by atoms with Gasteiger partial charge >= 0.3 is 0 Å². The maximum atomic E-state index is 5.61. The molecule has 0 amide bonds. The van der Waals surface area contributed by atoms with E-state index in [2.05, 4.69) is 41.9 Å². The Morgan fingerprint density at radius 2 is 1.96 bits per heavy atom. The molecule has 0 spiro atoms. The highest BCUT2D eigenvalue weighted by atomic mass is 16.4. The van der Waals surface area contributed by atoms with Crippen molar-refractivity contribution >= 4 is 0 Å². The van der Waals surface area contributed by atoms with Gasteiger partial charge in [-0.2, -0.15) is 0 Å². The molecule has 1 aliphatic heterocycles. The molecule has 0 unspecified atom stereocenters. The summed E-state index contributed by atoms with van der Waals surface area (Å²) in [4.78, 5) is 2.66. The van der Waals surface area contributed by atoms with Crippen LogP contribution in [0.15, 0.2) is 16.1 Å². The van der Waals surface area contributed by atoms with Crippen molar-refractivity contribution in [3.63, 3.8) is 0 Å². The van der Waals surface area contributed by atoms with Gasteiger partial charge in [0.2, 0.25) is 11.8 Å². The van der Waals surface area contributed by atoms with Crippen LogP contribution in [0.1, 0.15) is 51.8 Å². The fraction of sp³-hybridized carbons (Fsp3) is 0.789. The molecule has 0 bridgehead atoms. The summed E-state index contributed by atoms with van der Waals surface area (Å²) < 4.78 is 5.61. The second-order valence-corrected chi connectivity index (χ2v) is 7.84. The van der Waals surface area contributed by atoms with Gasteiger partial charge in [0.25, 0.3) is 0 Å². The van der Waals surface area contributed by atoms with E-state index in [1.54, 1.807) is 0 Å². The molecular formula is C19H31N3O. The normalized spacial score (nSPS) is 29.3. The summed E-state index contributed by atoms with van der Waals surface area (Å²) in [6, 6.07) is 0. The summed E-state index contributed by atoms with van der Waals surface area (Å²) in [5, 5.41) is 8.17. The van der Waals surface area contributed by atoms with Gasteiger partial charge in [-0.3, -0.25) is 0 Å². The zero-order valence-electron chi connectivity index (χ0n) is 15.1. The first kappa shape index (κ1) is 16.7. The Morgan fingerprint density at radius 1 is 1.22 bits per heavy atom. The van der Waals surface area contributed by atoms with E-state index in [4.69, 9.17) is 4.42 Å². The van der Waals surface area contributed by atoms with Crippen molar-refractivity contribution in [3.8, 4) is 0 Å². The molecule has 2 aliphatic rings. The fourth-order valence-corrected chi connectivity index (χ4v) is 4.38. The number of hydrogen-bond acceptors (Lipinski definition) is 4. The maximum Gasteiger partial charge on any atom is 0.217 e. The number of aromatic nitrogens is 2. The summed E-state index contributed by atoms with van der Waals surface area (Å²) in [5.74, 6) is 4.20. The first-order chi connectivity index (χ1) is 11.0. The Bertz CT molecular complexity index is 543. The van der Waals surface area contributed by atoms with Gasteiger partial charge < -0.3 is 9.32 Å². The number of likely N-dealkylation sites (tertiary alicyclic amines) is 1. The molecule has 1 aliphatic carbocycles. The molecule has 1 saturated heterocycles. The minimum Gasteiger partial charge on any atom is -0.426 e. The predicted molar refractivity (Wildman–Crippen MR) is 92.1 cm³/mol. The predicted octanol–water partition coefficient (Wildman–Crippen LogP) is 3.87. The fourth-order valence-electron chi connectivity index (χ4n) is 4.38. The van der Waals surface area contributed by atoms with E-state index >= 15 is 0 Å². The molecule has 23 heavy (non-hydrogen) atoms. The Kier molecular flexibility index (Phi) is 5.20. The average molecular weight is 317 g/mol.